The van der Waals surface area contributed by atoms with Crippen LogP contribution in [0, 0.1) is 0 Å². The number of aryl methyl sites for hydroxylation is 1. The molecule has 3 heteroatoms. The lowest BCUT2D eigenvalue weighted by atomic mass is 10.2. The van der Waals surface area contributed by atoms with E-state index < -0.39 is 0 Å². The van der Waals surface area contributed by atoms with Crippen molar-refractivity contribution in [2.75, 3.05) is 19.8 Å². The van der Waals surface area contributed by atoms with Crippen LogP contribution in [0.2, 0.25) is 0 Å². The Hall–Kier alpha value is -0.930. The molecule has 96 valence electrons. The Morgan fingerprint density at radius 3 is 2.65 bits per heavy atom. The number of aromatic nitrogens is 1. The van der Waals surface area contributed by atoms with Crippen LogP contribution in [0.3, 0.4) is 0 Å². The van der Waals surface area contributed by atoms with E-state index in [1.54, 1.807) is 6.20 Å². The minimum absolute atomic E-state index is 0.811. The van der Waals surface area contributed by atoms with E-state index >= 15 is 0 Å². The van der Waals surface area contributed by atoms with Gasteiger partial charge in [-0.25, -0.2) is 0 Å². The maximum Gasteiger partial charge on any atom is 0.0469 e. The zero-order valence-electron chi connectivity index (χ0n) is 10.6. The van der Waals surface area contributed by atoms with Gasteiger partial charge in [-0.1, -0.05) is 18.9 Å². The summed E-state index contributed by atoms with van der Waals surface area (Å²) in [5.74, 6) is 0. The van der Waals surface area contributed by atoms with Gasteiger partial charge in [0.1, 0.15) is 0 Å². The van der Waals surface area contributed by atoms with Crippen LogP contribution in [0.15, 0.2) is 24.5 Å². The average molecular weight is 236 g/mol. The Morgan fingerprint density at radius 1 is 1.06 bits per heavy atom. The van der Waals surface area contributed by atoms with Gasteiger partial charge in [-0.05, 0) is 43.9 Å². The summed E-state index contributed by atoms with van der Waals surface area (Å²) in [6.45, 7) is 2.55. The quantitative estimate of drug-likeness (QED) is 0.635. The van der Waals surface area contributed by atoms with Crippen LogP contribution in [0.5, 0.6) is 0 Å². The third-order valence-electron chi connectivity index (χ3n) is 2.72. The number of hydrogen-bond donors (Lipinski definition) is 1. The summed E-state index contributed by atoms with van der Waals surface area (Å²) in [5.41, 5.74) is 6.72. The molecule has 0 saturated carbocycles. The summed E-state index contributed by atoms with van der Waals surface area (Å²) in [6.07, 6.45) is 10.6. The molecule has 2 N–H and O–H groups in total. The summed E-state index contributed by atoms with van der Waals surface area (Å²) < 4.78 is 5.58. The fraction of sp³-hybridized carbons (Fsp3) is 0.643. The summed E-state index contributed by atoms with van der Waals surface area (Å²) in [7, 11) is 0. The van der Waals surface area contributed by atoms with Gasteiger partial charge in [0.25, 0.3) is 0 Å². The first kappa shape index (κ1) is 14.1. The molecule has 1 aromatic rings. The molecule has 0 radical (unpaired) electrons. The smallest absolute Gasteiger partial charge is 0.0469 e. The third kappa shape index (κ3) is 7.88. The molecule has 0 saturated heterocycles. The zero-order valence-corrected chi connectivity index (χ0v) is 10.6. The van der Waals surface area contributed by atoms with E-state index in [2.05, 4.69) is 11.1 Å². The van der Waals surface area contributed by atoms with Crippen molar-refractivity contribution in [3.8, 4) is 0 Å². The molecule has 3 nitrogen and oxygen atoms in total. The second-order valence-corrected chi connectivity index (χ2v) is 4.28. The maximum absolute atomic E-state index is 5.58. The molecule has 0 amide bonds. The highest BCUT2D eigenvalue weighted by Crippen LogP contribution is 2.02. The third-order valence-corrected chi connectivity index (χ3v) is 2.72. The number of hydrogen-bond acceptors (Lipinski definition) is 3. The predicted molar refractivity (Wildman–Crippen MR) is 70.9 cm³/mol. The van der Waals surface area contributed by atoms with Crippen molar-refractivity contribution >= 4 is 0 Å². The van der Waals surface area contributed by atoms with Gasteiger partial charge < -0.3 is 10.5 Å². The Labute approximate surface area is 104 Å². The van der Waals surface area contributed by atoms with E-state index in [0.717, 1.165) is 45.4 Å². The molecular formula is C14H24N2O. The second-order valence-electron chi connectivity index (χ2n) is 4.28. The molecule has 1 heterocycles. The topological polar surface area (TPSA) is 48.1 Å². The lowest BCUT2D eigenvalue weighted by Gasteiger charge is -2.04. The zero-order chi connectivity index (χ0) is 12.2. The van der Waals surface area contributed by atoms with Crippen molar-refractivity contribution < 1.29 is 4.74 Å². The van der Waals surface area contributed by atoms with Crippen LogP contribution >= 0.6 is 0 Å². The van der Waals surface area contributed by atoms with Crippen LogP contribution < -0.4 is 5.73 Å². The summed E-state index contributed by atoms with van der Waals surface area (Å²) >= 11 is 0. The molecule has 1 aromatic heterocycles. The molecule has 0 aliphatic carbocycles. The van der Waals surface area contributed by atoms with Crippen molar-refractivity contribution in [1.82, 2.24) is 4.98 Å². The van der Waals surface area contributed by atoms with Gasteiger partial charge in [0.05, 0.1) is 0 Å². The van der Waals surface area contributed by atoms with Crippen LogP contribution in [-0.4, -0.2) is 24.7 Å². The predicted octanol–water partition coefficient (Wildman–Crippen LogP) is 2.55. The summed E-state index contributed by atoms with van der Waals surface area (Å²) in [4.78, 5) is 4.09. The first-order valence-corrected chi connectivity index (χ1v) is 6.60. The Bertz CT molecular complexity index is 264. The highest BCUT2D eigenvalue weighted by atomic mass is 16.5. The van der Waals surface area contributed by atoms with Crippen molar-refractivity contribution in [3.63, 3.8) is 0 Å². The van der Waals surface area contributed by atoms with Crippen LogP contribution in [0.1, 0.15) is 37.7 Å². The van der Waals surface area contributed by atoms with E-state index in [0.29, 0.717) is 0 Å². The second kappa shape index (κ2) is 10.2. The van der Waals surface area contributed by atoms with Crippen molar-refractivity contribution in [2.45, 2.75) is 38.5 Å². The summed E-state index contributed by atoms with van der Waals surface area (Å²) in [5, 5.41) is 0. The number of unbranched alkanes of at least 4 members (excludes halogenated alkanes) is 3. The molecule has 1 rings (SSSR count). The van der Waals surface area contributed by atoms with E-state index in [-0.39, 0.29) is 0 Å². The fourth-order valence-corrected chi connectivity index (χ4v) is 1.73. The lowest BCUT2D eigenvalue weighted by molar-refractivity contribution is 0.128. The SMILES string of the molecule is NCCCCCCOCCCc1cccnc1. The standard InChI is InChI=1S/C14H24N2O/c15-9-3-1-2-4-11-17-12-6-8-14-7-5-10-16-13-14/h5,7,10,13H,1-4,6,8-9,11-12,15H2. The lowest BCUT2D eigenvalue weighted by Crippen LogP contribution is -2.00. The number of pyridine rings is 1. The normalized spacial score (nSPS) is 10.6. The maximum atomic E-state index is 5.58. The average Bonchev–Trinajstić information content (AvgIpc) is 2.38. The number of nitrogens with two attached hydrogens (primary N) is 1. The van der Waals surface area contributed by atoms with Crippen LogP contribution in [-0.2, 0) is 11.2 Å². The van der Waals surface area contributed by atoms with E-state index in [1.807, 2.05) is 12.3 Å². The van der Waals surface area contributed by atoms with Crippen LogP contribution in [0.25, 0.3) is 0 Å². The van der Waals surface area contributed by atoms with Gasteiger partial charge in [-0.2, -0.15) is 0 Å². The molecule has 0 aliphatic rings. The first-order valence-electron chi connectivity index (χ1n) is 6.60. The molecule has 0 fully saturated rings. The molecule has 0 aliphatic heterocycles. The fourth-order valence-electron chi connectivity index (χ4n) is 1.73. The Balaban J connectivity index is 1.85. The highest BCUT2D eigenvalue weighted by Gasteiger charge is 1.93. The minimum Gasteiger partial charge on any atom is -0.381 e. The molecule has 17 heavy (non-hydrogen) atoms. The first-order chi connectivity index (χ1) is 8.43. The van der Waals surface area contributed by atoms with Crippen molar-refractivity contribution in [1.29, 1.82) is 0 Å². The van der Waals surface area contributed by atoms with E-state index in [1.165, 1.54) is 18.4 Å². The van der Waals surface area contributed by atoms with Gasteiger partial charge in [-0.3, -0.25) is 4.98 Å². The minimum atomic E-state index is 0.811. The molecule has 0 aromatic carbocycles. The Morgan fingerprint density at radius 2 is 1.88 bits per heavy atom. The summed E-state index contributed by atoms with van der Waals surface area (Å²) in [6, 6.07) is 4.09. The Kier molecular flexibility index (Phi) is 8.51. The number of rotatable bonds is 10. The monoisotopic (exact) mass is 236 g/mol. The molecule has 0 atom stereocenters. The van der Waals surface area contributed by atoms with Gasteiger partial charge in [0.15, 0.2) is 0 Å². The molecule has 0 unspecified atom stereocenters. The van der Waals surface area contributed by atoms with Crippen molar-refractivity contribution in [2.24, 2.45) is 5.73 Å². The molecular weight excluding hydrogens is 212 g/mol. The number of ether oxygens (including phenoxy) is 1. The van der Waals surface area contributed by atoms with Gasteiger partial charge in [0.2, 0.25) is 0 Å². The van der Waals surface area contributed by atoms with Gasteiger partial charge >= 0.3 is 0 Å². The van der Waals surface area contributed by atoms with Gasteiger partial charge in [0, 0.05) is 25.6 Å². The van der Waals surface area contributed by atoms with E-state index in [4.69, 9.17) is 10.5 Å². The largest absolute Gasteiger partial charge is 0.381 e. The highest BCUT2D eigenvalue weighted by molar-refractivity contribution is 5.08. The molecule has 0 bridgehead atoms. The van der Waals surface area contributed by atoms with Gasteiger partial charge in [-0.15, -0.1) is 0 Å². The van der Waals surface area contributed by atoms with Crippen molar-refractivity contribution in [3.05, 3.63) is 30.1 Å². The number of nitrogens with zero attached hydrogens (tertiary/aromatic N) is 1. The van der Waals surface area contributed by atoms with E-state index in [9.17, 15) is 0 Å². The van der Waals surface area contributed by atoms with Crippen LogP contribution in [0.4, 0.5) is 0 Å². The molecule has 0 spiro atoms.